The number of likely N-dealkylation sites (N-methyl/N-ethyl adjacent to an activating group) is 1. The quantitative estimate of drug-likeness (QED) is 0.229. The van der Waals surface area contributed by atoms with E-state index in [9.17, 15) is 13.2 Å². The number of hydrogen-bond donors (Lipinski definition) is 2. The second-order valence-corrected chi connectivity index (χ2v) is 13.1. The summed E-state index contributed by atoms with van der Waals surface area (Å²) in [6.45, 7) is 6.75. The van der Waals surface area contributed by atoms with Crippen LogP contribution in [0.4, 0.5) is 13.2 Å². The Hall–Kier alpha value is -3.98. The van der Waals surface area contributed by atoms with Gasteiger partial charge in [0, 0.05) is 39.3 Å². The standard InChI is InChI=1S/C35H48F3N9/c1-6-28(35(36,37)38)41-24(2)26-14-12-25(13-15-26)22-47(21-11-10-20-46-18-8-7-9-19-46)33(39)43-34(44(3)4)42-31-29-30(31)40-23-45(5)32(29)27-16-17-27/h6,12-15,23-24,27,31-32,41H,7-9,16-22H2,1-5H3,(H2,39,42,43)/b28-6-. The predicted octanol–water partition coefficient (Wildman–Crippen LogP) is 4.72. The smallest absolute Gasteiger partial charge is 0.375 e. The van der Waals surface area contributed by atoms with E-state index in [0.29, 0.717) is 37.0 Å². The highest BCUT2D eigenvalue weighted by Crippen LogP contribution is 2.50. The van der Waals surface area contributed by atoms with Gasteiger partial charge in [-0.25, -0.2) is 9.98 Å². The highest BCUT2D eigenvalue weighted by Gasteiger charge is 2.50. The first-order valence-electron chi connectivity index (χ1n) is 16.6. The van der Waals surface area contributed by atoms with E-state index >= 15 is 0 Å². The minimum atomic E-state index is -4.43. The number of nitrogens with two attached hydrogens (primary N) is 1. The second kappa shape index (κ2) is 14.8. The van der Waals surface area contributed by atoms with Crippen LogP contribution in [0.1, 0.15) is 63.1 Å². The summed E-state index contributed by atoms with van der Waals surface area (Å²) < 4.78 is 39.8. The molecule has 1 aromatic carbocycles. The SMILES string of the molecule is C/C=C(\NC(C)c1ccc(CN(CC#CCN2CCCCC2)/C(N)=N/C(=NC2C3=C2C(C2CC2)N(C)C=N3)N(C)C)cc1)C(F)(F)F. The Morgan fingerprint density at radius 1 is 1.15 bits per heavy atom. The number of likely N-dealkylation sites (tertiary alicyclic amines) is 1. The summed E-state index contributed by atoms with van der Waals surface area (Å²) in [6, 6.07) is 7.25. The zero-order valence-corrected chi connectivity index (χ0v) is 28.2. The number of nitrogens with one attached hydrogen (secondary N) is 1. The van der Waals surface area contributed by atoms with Gasteiger partial charge >= 0.3 is 6.18 Å². The number of piperidine rings is 1. The first-order valence-corrected chi connectivity index (χ1v) is 16.6. The molecule has 9 nitrogen and oxygen atoms in total. The fourth-order valence-corrected chi connectivity index (χ4v) is 6.21. The molecule has 0 bridgehead atoms. The summed E-state index contributed by atoms with van der Waals surface area (Å²) in [7, 11) is 5.88. The molecule has 3 atom stereocenters. The van der Waals surface area contributed by atoms with Gasteiger partial charge in [-0.15, -0.1) is 0 Å². The largest absolute Gasteiger partial charge is 0.430 e. The molecule has 12 heteroatoms. The fraction of sp³-hybridized carbons (Fsp3) is 0.571. The normalized spacial score (nSPS) is 22.8. The Morgan fingerprint density at radius 2 is 1.85 bits per heavy atom. The van der Waals surface area contributed by atoms with Crippen molar-refractivity contribution in [3.05, 3.63) is 58.4 Å². The number of rotatable bonds is 9. The molecule has 5 rings (SSSR count). The molecule has 1 aromatic rings. The van der Waals surface area contributed by atoms with Crippen LogP contribution in [-0.4, -0.2) is 103 Å². The number of aliphatic imine (C=N–C) groups is 3. The molecule has 0 radical (unpaired) electrons. The molecule has 3 unspecified atom stereocenters. The molecule has 0 amide bonds. The van der Waals surface area contributed by atoms with Gasteiger partial charge in [-0.3, -0.25) is 4.90 Å². The van der Waals surface area contributed by atoms with Gasteiger partial charge in [0.15, 0.2) is 5.96 Å². The van der Waals surface area contributed by atoms with Gasteiger partial charge in [0.05, 0.1) is 31.2 Å². The summed E-state index contributed by atoms with van der Waals surface area (Å²) in [6.07, 6.45) is 4.68. The summed E-state index contributed by atoms with van der Waals surface area (Å²) in [5.41, 5.74) is 9.93. The molecule has 0 aromatic heterocycles. The Labute approximate surface area is 277 Å². The topological polar surface area (TPSA) is 88.1 Å². The third-order valence-corrected chi connectivity index (χ3v) is 9.12. The number of alkyl halides is 3. The molecule has 3 N–H and O–H groups in total. The summed E-state index contributed by atoms with van der Waals surface area (Å²) in [4.78, 5) is 22.8. The van der Waals surface area contributed by atoms with E-state index in [4.69, 9.17) is 15.7 Å². The molecule has 4 aliphatic rings. The number of allylic oxidation sites excluding steroid dienone is 2. The van der Waals surface area contributed by atoms with Crippen LogP contribution in [0, 0.1) is 17.8 Å². The van der Waals surface area contributed by atoms with Crippen molar-refractivity contribution >= 4 is 18.3 Å². The zero-order chi connectivity index (χ0) is 33.7. The van der Waals surface area contributed by atoms with Crippen LogP contribution in [0.15, 0.2) is 62.3 Å². The second-order valence-electron chi connectivity index (χ2n) is 13.1. The van der Waals surface area contributed by atoms with Crippen LogP contribution in [0.3, 0.4) is 0 Å². The molecular weight excluding hydrogens is 603 g/mol. The Bertz CT molecular complexity index is 1470. The lowest BCUT2D eigenvalue weighted by Crippen LogP contribution is -2.39. The first kappa shape index (κ1) is 34.4. The average molecular weight is 652 g/mol. The van der Waals surface area contributed by atoms with E-state index in [0.717, 1.165) is 42.5 Å². The van der Waals surface area contributed by atoms with E-state index in [2.05, 4.69) is 39.0 Å². The van der Waals surface area contributed by atoms with Crippen LogP contribution < -0.4 is 11.1 Å². The summed E-state index contributed by atoms with van der Waals surface area (Å²) in [5.74, 6) is 8.08. The van der Waals surface area contributed by atoms with E-state index in [-0.39, 0.29) is 6.04 Å². The van der Waals surface area contributed by atoms with Gasteiger partial charge in [0.1, 0.15) is 11.7 Å². The third kappa shape index (κ3) is 8.89. The van der Waals surface area contributed by atoms with E-state index in [1.807, 2.05) is 54.5 Å². The van der Waals surface area contributed by atoms with Crippen molar-refractivity contribution in [2.75, 3.05) is 47.3 Å². The van der Waals surface area contributed by atoms with Crippen LogP contribution in [0.5, 0.6) is 0 Å². The molecule has 47 heavy (non-hydrogen) atoms. The molecule has 2 fully saturated rings. The zero-order valence-electron chi connectivity index (χ0n) is 28.2. The molecule has 2 aliphatic heterocycles. The number of nitrogens with zero attached hydrogens (tertiary/aromatic N) is 7. The lowest BCUT2D eigenvalue weighted by Gasteiger charge is -2.25. The number of guanidine groups is 2. The molecule has 0 spiro atoms. The van der Waals surface area contributed by atoms with Gasteiger partial charge < -0.3 is 25.8 Å². The van der Waals surface area contributed by atoms with Gasteiger partial charge in [0.25, 0.3) is 0 Å². The van der Waals surface area contributed by atoms with Crippen molar-refractivity contribution in [1.82, 2.24) is 24.9 Å². The van der Waals surface area contributed by atoms with Crippen molar-refractivity contribution in [3.8, 4) is 11.8 Å². The van der Waals surface area contributed by atoms with Crippen molar-refractivity contribution < 1.29 is 13.2 Å². The number of halogens is 3. The molecule has 1 saturated carbocycles. The van der Waals surface area contributed by atoms with Crippen molar-refractivity contribution in [2.24, 2.45) is 26.6 Å². The summed E-state index contributed by atoms with van der Waals surface area (Å²) in [5, 5.41) is 2.58. The van der Waals surface area contributed by atoms with E-state index in [1.54, 1.807) is 6.92 Å². The fourth-order valence-electron chi connectivity index (χ4n) is 6.21. The van der Waals surface area contributed by atoms with Crippen LogP contribution in [0.25, 0.3) is 0 Å². The molecule has 2 aliphatic carbocycles. The maximum atomic E-state index is 13.3. The number of hydrogen-bond acceptors (Lipinski definition) is 5. The van der Waals surface area contributed by atoms with Crippen molar-refractivity contribution in [1.29, 1.82) is 0 Å². The Morgan fingerprint density at radius 3 is 2.47 bits per heavy atom. The van der Waals surface area contributed by atoms with Crippen molar-refractivity contribution in [2.45, 2.75) is 76.8 Å². The highest BCUT2D eigenvalue weighted by molar-refractivity contribution is 5.94. The lowest BCUT2D eigenvalue weighted by molar-refractivity contribution is -0.0978. The molecule has 1 saturated heterocycles. The Balaban J connectivity index is 1.32. The summed E-state index contributed by atoms with van der Waals surface area (Å²) >= 11 is 0. The first-order chi connectivity index (χ1) is 22.5. The number of benzene rings is 1. The minimum Gasteiger partial charge on any atom is -0.375 e. The van der Waals surface area contributed by atoms with E-state index in [1.165, 1.54) is 44.6 Å². The average Bonchev–Trinajstić information content (AvgIpc) is 3.98. The van der Waals surface area contributed by atoms with Crippen LogP contribution >= 0.6 is 0 Å². The maximum absolute atomic E-state index is 13.3. The monoisotopic (exact) mass is 651 g/mol. The molecule has 2 heterocycles. The van der Waals surface area contributed by atoms with Crippen LogP contribution in [-0.2, 0) is 6.54 Å². The van der Waals surface area contributed by atoms with E-state index < -0.39 is 17.9 Å². The highest BCUT2D eigenvalue weighted by atomic mass is 19.4. The van der Waals surface area contributed by atoms with Gasteiger partial charge in [0.2, 0.25) is 5.96 Å². The van der Waals surface area contributed by atoms with Gasteiger partial charge in [-0.2, -0.15) is 18.2 Å². The molecular formula is C35H48F3N9. The third-order valence-electron chi connectivity index (χ3n) is 9.12. The van der Waals surface area contributed by atoms with Crippen LogP contribution in [0.2, 0.25) is 0 Å². The van der Waals surface area contributed by atoms with Gasteiger partial charge in [-0.1, -0.05) is 48.6 Å². The minimum absolute atomic E-state index is 0.0860. The molecule has 254 valence electrons. The lowest BCUT2D eigenvalue weighted by atomic mass is 10.1. The predicted molar refractivity (Wildman–Crippen MR) is 183 cm³/mol. The van der Waals surface area contributed by atoms with Gasteiger partial charge in [-0.05, 0) is 69.7 Å². The Kier molecular flexibility index (Phi) is 10.8. The van der Waals surface area contributed by atoms with Crippen molar-refractivity contribution in [3.63, 3.8) is 0 Å². The maximum Gasteiger partial charge on any atom is 0.430 e.